The van der Waals surface area contributed by atoms with Gasteiger partial charge in [0.05, 0.1) is 25.9 Å². The van der Waals surface area contributed by atoms with E-state index in [2.05, 4.69) is 25.3 Å². The molecule has 2 aliphatic rings. The lowest BCUT2D eigenvalue weighted by atomic mass is 10.00. The number of hydrogen-bond acceptors (Lipinski definition) is 10. The van der Waals surface area contributed by atoms with E-state index in [1.54, 1.807) is 18.2 Å². The summed E-state index contributed by atoms with van der Waals surface area (Å²) in [5.41, 5.74) is 9.35. The number of pyridine rings is 1. The van der Waals surface area contributed by atoms with Crippen LogP contribution in [-0.2, 0) is 16.6 Å². The minimum Gasteiger partial charge on any atom is -0.481 e. The molecule has 1 unspecified atom stereocenters. The monoisotopic (exact) mass is 450 g/mol. The highest BCUT2D eigenvalue weighted by molar-refractivity contribution is 6.01. The van der Waals surface area contributed by atoms with Crippen molar-refractivity contribution in [1.29, 1.82) is 0 Å². The summed E-state index contributed by atoms with van der Waals surface area (Å²) in [5.74, 6) is 0.208. The molecule has 0 spiro atoms. The molecular formula is C19H21F3N8O2. The number of hydrogen-bond donors (Lipinski definition) is 3. The van der Waals surface area contributed by atoms with Crippen molar-refractivity contribution >= 4 is 11.8 Å². The van der Waals surface area contributed by atoms with Gasteiger partial charge in [-0.2, -0.15) is 13.2 Å². The molecule has 0 bridgehead atoms. The molecule has 0 saturated carbocycles. The van der Waals surface area contributed by atoms with E-state index in [4.69, 9.17) is 20.9 Å². The van der Waals surface area contributed by atoms with E-state index in [0.717, 1.165) is 6.20 Å². The molecule has 0 aromatic carbocycles. The molecule has 0 radical (unpaired) electrons. The molecule has 1 saturated heterocycles. The topological polar surface area (TPSA) is 137 Å². The number of amidine groups is 1. The second kappa shape index (κ2) is 8.24. The van der Waals surface area contributed by atoms with Gasteiger partial charge in [-0.3, -0.25) is 5.73 Å². The number of morpholine rings is 1. The Bertz CT molecular complexity index is 1050. The largest absolute Gasteiger partial charge is 0.481 e. The molecule has 2 aliphatic heterocycles. The van der Waals surface area contributed by atoms with Crippen molar-refractivity contribution in [3.8, 4) is 5.88 Å². The summed E-state index contributed by atoms with van der Waals surface area (Å²) in [7, 11) is 1.47. The predicted molar refractivity (Wildman–Crippen MR) is 108 cm³/mol. The predicted octanol–water partition coefficient (Wildman–Crippen LogP) is 0.816. The minimum absolute atomic E-state index is 0.139. The van der Waals surface area contributed by atoms with Gasteiger partial charge < -0.3 is 25.4 Å². The van der Waals surface area contributed by atoms with E-state index in [9.17, 15) is 13.2 Å². The number of nitrogen functional groups attached to an aromatic ring is 1. The number of aromatic nitrogens is 3. The SMILES string of the molecule is COc1ccc(C2(N)C=C(N3CCOCC3)NC(c3cnc(N)nc3C(F)(F)F)=N2)cn1. The van der Waals surface area contributed by atoms with E-state index >= 15 is 0 Å². The van der Waals surface area contributed by atoms with Crippen LogP contribution in [0.3, 0.4) is 0 Å². The number of aliphatic imine (C=N–C) groups is 1. The lowest BCUT2D eigenvalue weighted by molar-refractivity contribution is -0.141. The van der Waals surface area contributed by atoms with Gasteiger partial charge in [-0.05, 0) is 6.07 Å². The van der Waals surface area contributed by atoms with Crippen LogP contribution >= 0.6 is 0 Å². The lowest BCUT2D eigenvalue weighted by Crippen LogP contribution is -2.49. The summed E-state index contributed by atoms with van der Waals surface area (Å²) in [6, 6.07) is 3.24. The van der Waals surface area contributed by atoms with Crippen molar-refractivity contribution in [3.05, 3.63) is 53.2 Å². The van der Waals surface area contributed by atoms with Crippen molar-refractivity contribution in [1.82, 2.24) is 25.2 Å². The van der Waals surface area contributed by atoms with Crippen LogP contribution in [0.25, 0.3) is 0 Å². The second-order valence-electron chi connectivity index (χ2n) is 7.12. The highest BCUT2D eigenvalue weighted by Crippen LogP contribution is 2.33. The molecule has 4 rings (SSSR count). The van der Waals surface area contributed by atoms with E-state index in [-0.39, 0.29) is 11.4 Å². The zero-order valence-corrected chi connectivity index (χ0v) is 17.1. The number of nitrogens with one attached hydrogen (secondary N) is 1. The van der Waals surface area contributed by atoms with E-state index in [1.807, 2.05) is 4.90 Å². The minimum atomic E-state index is -4.78. The van der Waals surface area contributed by atoms with Crippen molar-refractivity contribution < 1.29 is 22.6 Å². The van der Waals surface area contributed by atoms with Crippen LogP contribution in [0.5, 0.6) is 5.88 Å². The van der Waals surface area contributed by atoms with Crippen molar-refractivity contribution in [3.63, 3.8) is 0 Å². The van der Waals surface area contributed by atoms with Crippen LogP contribution in [0, 0.1) is 0 Å². The van der Waals surface area contributed by atoms with Gasteiger partial charge in [0, 0.05) is 43.2 Å². The number of methoxy groups -OCH3 is 1. The fourth-order valence-corrected chi connectivity index (χ4v) is 3.38. The van der Waals surface area contributed by atoms with E-state index in [0.29, 0.717) is 43.6 Å². The zero-order valence-electron chi connectivity index (χ0n) is 17.1. The number of ether oxygens (including phenoxy) is 2. The third kappa shape index (κ3) is 4.29. The Labute approximate surface area is 181 Å². The number of nitrogens with zero attached hydrogens (tertiary/aromatic N) is 5. The van der Waals surface area contributed by atoms with Crippen molar-refractivity contribution in [2.24, 2.45) is 10.7 Å². The van der Waals surface area contributed by atoms with Crippen molar-refractivity contribution in [2.45, 2.75) is 11.8 Å². The maximum atomic E-state index is 13.7. The molecule has 4 heterocycles. The molecule has 1 atom stereocenters. The van der Waals surface area contributed by atoms with E-state index in [1.165, 1.54) is 13.3 Å². The summed E-state index contributed by atoms with van der Waals surface area (Å²) in [6.45, 7) is 1.97. The quantitative estimate of drug-likeness (QED) is 0.618. The molecule has 0 amide bonds. The average molecular weight is 450 g/mol. The normalized spacial score (nSPS) is 21.5. The Balaban J connectivity index is 1.84. The Kier molecular flexibility index (Phi) is 5.60. The molecular weight excluding hydrogens is 429 g/mol. The third-order valence-corrected chi connectivity index (χ3v) is 4.99. The average Bonchev–Trinajstić information content (AvgIpc) is 2.79. The first-order valence-electron chi connectivity index (χ1n) is 9.61. The molecule has 13 heteroatoms. The van der Waals surface area contributed by atoms with Gasteiger partial charge in [-0.1, -0.05) is 0 Å². The zero-order chi connectivity index (χ0) is 22.9. The molecule has 0 aliphatic carbocycles. The Morgan fingerprint density at radius 1 is 1.19 bits per heavy atom. The highest BCUT2D eigenvalue weighted by atomic mass is 19.4. The van der Waals surface area contributed by atoms with Gasteiger partial charge in [0.25, 0.3) is 0 Å². The maximum absolute atomic E-state index is 13.7. The number of anilines is 1. The molecule has 10 nitrogen and oxygen atoms in total. The first kappa shape index (κ1) is 21.8. The van der Waals surface area contributed by atoms with Gasteiger partial charge in [0.1, 0.15) is 11.7 Å². The first-order chi connectivity index (χ1) is 15.2. The Morgan fingerprint density at radius 3 is 2.56 bits per heavy atom. The van der Waals surface area contributed by atoms with Gasteiger partial charge >= 0.3 is 6.18 Å². The third-order valence-electron chi connectivity index (χ3n) is 4.99. The molecule has 1 fully saturated rings. The maximum Gasteiger partial charge on any atom is 0.434 e. The summed E-state index contributed by atoms with van der Waals surface area (Å²) in [5, 5.41) is 2.95. The second-order valence-corrected chi connectivity index (χ2v) is 7.12. The van der Waals surface area contributed by atoms with Gasteiger partial charge in [-0.25, -0.2) is 19.9 Å². The molecule has 170 valence electrons. The fraction of sp³-hybridized carbons (Fsp3) is 0.368. The van der Waals surface area contributed by atoms with Gasteiger partial charge in [0.15, 0.2) is 11.4 Å². The smallest absolute Gasteiger partial charge is 0.434 e. The lowest BCUT2D eigenvalue weighted by Gasteiger charge is -2.37. The van der Waals surface area contributed by atoms with Crippen LogP contribution in [-0.4, -0.2) is 59.1 Å². The van der Waals surface area contributed by atoms with Crippen LogP contribution in [0.2, 0.25) is 0 Å². The molecule has 32 heavy (non-hydrogen) atoms. The van der Waals surface area contributed by atoms with Gasteiger partial charge in [-0.15, -0.1) is 0 Å². The van der Waals surface area contributed by atoms with Gasteiger partial charge in [0.2, 0.25) is 11.8 Å². The fourth-order valence-electron chi connectivity index (χ4n) is 3.38. The molecule has 2 aromatic heterocycles. The standard InChI is InChI=1S/C19H21F3N8O2/c1-31-14-3-2-11(9-25-14)18(24)8-13(30-4-6-32-7-5-30)27-16(29-18)12-10-26-17(23)28-15(12)19(20,21)22/h2-3,8-10H,4-7,24H2,1H3,(H,27,29)(H2,23,26,28). The van der Waals surface area contributed by atoms with Crippen LogP contribution in [0.15, 0.2) is 41.4 Å². The van der Waals surface area contributed by atoms with Crippen LogP contribution in [0.4, 0.5) is 19.1 Å². The highest BCUT2D eigenvalue weighted by Gasteiger charge is 2.40. The number of halogens is 3. The van der Waals surface area contributed by atoms with Crippen molar-refractivity contribution in [2.75, 3.05) is 39.1 Å². The Morgan fingerprint density at radius 2 is 1.94 bits per heavy atom. The summed E-state index contributed by atoms with van der Waals surface area (Å²) in [6.07, 6.45) is -0.707. The summed E-state index contributed by atoms with van der Waals surface area (Å²) < 4.78 is 51.6. The van der Waals surface area contributed by atoms with Crippen LogP contribution in [0.1, 0.15) is 16.8 Å². The first-order valence-corrected chi connectivity index (χ1v) is 9.61. The molecule has 2 aromatic rings. The number of alkyl halides is 3. The summed E-state index contributed by atoms with van der Waals surface area (Å²) in [4.78, 5) is 17.6. The number of nitrogens with two attached hydrogens (primary N) is 2. The summed E-state index contributed by atoms with van der Waals surface area (Å²) >= 11 is 0. The Hall–Kier alpha value is -3.45. The number of rotatable bonds is 4. The van der Waals surface area contributed by atoms with E-state index < -0.39 is 23.5 Å². The molecule has 5 N–H and O–H groups in total. The van der Waals surface area contributed by atoms with Crippen LogP contribution < -0.4 is 21.5 Å².